The number of anilines is 1. The van der Waals surface area contributed by atoms with E-state index in [1.54, 1.807) is 0 Å². The summed E-state index contributed by atoms with van der Waals surface area (Å²) in [5.41, 5.74) is 9.48. The molecule has 2 aromatic rings. The van der Waals surface area contributed by atoms with E-state index in [1.165, 1.54) is 30.4 Å². The summed E-state index contributed by atoms with van der Waals surface area (Å²) in [6.45, 7) is 12.6. The zero-order chi connectivity index (χ0) is 28.7. The van der Waals surface area contributed by atoms with E-state index in [-0.39, 0.29) is 12.2 Å². The minimum atomic E-state index is -0.802. The maximum Gasteiger partial charge on any atom is 0.199 e. The van der Waals surface area contributed by atoms with Crippen LogP contribution in [0.25, 0.3) is 15.7 Å². The lowest BCUT2D eigenvalue weighted by Gasteiger charge is -2.33. The van der Waals surface area contributed by atoms with Crippen LogP contribution in [0.1, 0.15) is 65.1 Å². The van der Waals surface area contributed by atoms with Gasteiger partial charge in [0, 0.05) is 41.5 Å². The summed E-state index contributed by atoms with van der Waals surface area (Å²) in [5.74, 6) is 1.71. The molecule has 0 saturated carbocycles. The summed E-state index contributed by atoms with van der Waals surface area (Å²) in [6, 6.07) is 1.66. The number of hydrogen-bond acceptors (Lipinski definition) is 8. The Kier molecular flexibility index (Phi) is 8.23. The number of aliphatic imine (C=N–C) groups is 1. The van der Waals surface area contributed by atoms with Crippen LogP contribution in [0.5, 0.6) is 0 Å². The van der Waals surface area contributed by atoms with Crippen LogP contribution in [0.15, 0.2) is 39.9 Å². The first-order valence-electron chi connectivity index (χ1n) is 14.0. The number of rotatable bonds is 3. The van der Waals surface area contributed by atoms with E-state index >= 15 is 4.39 Å². The third-order valence-electron chi connectivity index (χ3n) is 8.21. The topological polar surface area (TPSA) is 99.6 Å². The molecule has 3 N–H and O–H groups in total. The first-order chi connectivity index (χ1) is 19.2. The van der Waals surface area contributed by atoms with Gasteiger partial charge in [0.2, 0.25) is 0 Å². The van der Waals surface area contributed by atoms with Gasteiger partial charge in [0.05, 0.1) is 34.2 Å². The van der Waals surface area contributed by atoms with Crippen molar-refractivity contribution in [3.8, 4) is 6.07 Å². The van der Waals surface area contributed by atoms with Gasteiger partial charge in [0.25, 0.3) is 0 Å². The number of fused-ring (bicyclic) bond motifs is 3. The molecule has 3 atom stereocenters. The molecule has 0 amide bonds. The Morgan fingerprint density at radius 2 is 2.08 bits per heavy atom. The van der Waals surface area contributed by atoms with Crippen molar-refractivity contribution in [3.05, 3.63) is 51.2 Å². The van der Waals surface area contributed by atoms with Crippen molar-refractivity contribution in [2.45, 2.75) is 66.0 Å². The van der Waals surface area contributed by atoms with E-state index in [4.69, 9.17) is 27.1 Å². The highest BCUT2D eigenvalue weighted by atomic mass is 35.5. The third kappa shape index (κ3) is 4.91. The minimum absolute atomic E-state index is 0.257. The summed E-state index contributed by atoms with van der Waals surface area (Å²) in [7, 11) is 0. The van der Waals surface area contributed by atoms with Crippen molar-refractivity contribution in [2.24, 2.45) is 16.8 Å². The summed E-state index contributed by atoms with van der Waals surface area (Å²) in [4.78, 5) is 11.5. The lowest BCUT2D eigenvalue weighted by atomic mass is 9.82. The Hall–Kier alpha value is -2.93. The van der Waals surface area contributed by atoms with Crippen LogP contribution in [-0.4, -0.2) is 47.7 Å². The summed E-state index contributed by atoms with van der Waals surface area (Å²) >= 11 is 7.59. The maximum absolute atomic E-state index is 16.4. The molecule has 1 saturated heterocycles. The van der Waals surface area contributed by atoms with Gasteiger partial charge in [0.15, 0.2) is 5.96 Å². The molecule has 212 valence electrons. The van der Waals surface area contributed by atoms with Gasteiger partial charge in [-0.3, -0.25) is 4.98 Å². The van der Waals surface area contributed by atoms with E-state index in [1.807, 2.05) is 6.20 Å². The van der Waals surface area contributed by atoms with Crippen molar-refractivity contribution in [3.63, 3.8) is 0 Å². The second-order valence-electron chi connectivity index (χ2n) is 11.3. The van der Waals surface area contributed by atoms with Crippen molar-refractivity contribution < 1.29 is 9.13 Å². The lowest BCUT2D eigenvalue weighted by molar-refractivity contribution is 0.207. The highest BCUT2D eigenvalue weighted by Gasteiger charge is 2.41. The SMILES string of the molecule is CC1CCN(C2=NC3C(=CN2)C2=C(COC2)C(c2ncc(Cl)c4sc(N)c(C#N)c24)=C3F)C1C.CCCC(C)C. The Labute approximate surface area is 244 Å². The molecule has 0 bridgehead atoms. The molecule has 3 aliphatic heterocycles. The van der Waals surface area contributed by atoms with Gasteiger partial charge in [-0.1, -0.05) is 52.1 Å². The standard InChI is InChI=1S/C24H22ClFN6OS.C6H14/c1-10-3-4-32(11(10)2)24-30-6-13-14-8-33-9-15(14)17(19(26)20(13)31-24)21-18-12(5-27)23(28)34-22(18)16(25)7-29-21;1-4-5-6(2)3/h6-7,10-11,20H,3-4,8-9,28H2,1-2H3,(H,30,31);6H,4-5H2,1-3H3. The highest BCUT2D eigenvalue weighted by Crippen LogP contribution is 2.48. The smallest absolute Gasteiger partial charge is 0.199 e. The van der Waals surface area contributed by atoms with Crippen molar-refractivity contribution in [2.75, 3.05) is 25.5 Å². The van der Waals surface area contributed by atoms with Crippen LogP contribution in [0, 0.1) is 23.2 Å². The Morgan fingerprint density at radius 1 is 1.32 bits per heavy atom. The predicted octanol–water partition coefficient (Wildman–Crippen LogP) is 6.81. The number of likely N-dealkylation sites (tertiary alicyclic amines) is 1. The zero-order valence-corrected chi connectivity index (χ0v) is 25.2. The van der Waals surface area contributed by atoms with E-state index in [9.17, 15) is 5.26 Å². The molecule has 1 fully saturated rings. The van der Waals surface area contributed by atoms with Crippen molar-refractivity contribution in [1.29, 1.82) is 5.26 Å². The Bertz CT molecular complexity index is 1500. The zero-order valence-electron chi connectivity index (χ0n) is 23.6. The molecular weight excluding hydrogens is 547 g/mol. The maximum atomic E-state index is 16.4. The van der Waals surface area contributed by atoms with Gasteiger partial charge in [-0.2, -0.15) is 5.26 Å². The summed E-state index contributed by atoms with van der Waals surface area (Å²) in [6.07, 6.45) is 7.12. The average Bonchev–Trinajstić information content (AvgIpc) is 3.63. The molecule has 10 heteroatoms. The minimum Gasteiger partial charge on any atom is -0.389 e. The fourth-order valence-electron chi connectivity index (χ4n) is 5.86. The first kappa shape index (κ1) is 28.6. The van der Waals surface area contributed by atoms with Gasteiger partial charge < -0.3 is 20.7 Å². The number of nitrogens with two attached hydrogens (primary N) is 1. The number of thiophene rings is 1. The summed E-state index contributed by atoms with van der Waals surface area (Å²) < 4.78 is 22.8. The second kappa shape index (κ2) is 11.5. The number of aromatic nitrogens is 1. The second-order valence-corrected chi connectivity index (χ2v) is 12.7. The number of guanidine groups is 1. The van der Waals surface area contributed by atoms with Gasteiger partial charge >= 0.3 is 0 Å². The fourth-order valence-corrected chi connectivity index (χ4v) is 7.04. The Balaban J connectivity index is 0.000000487. The molecule has 40 heavy (non-hydrogen) atoms. The normalized spacial score (nSPS) is 23.9. The van der Waals surface area contributed by atoms with E-state index in [0.717, 1.165) is 35.6 Å². The molecule has 7 nitrogen and oxygen atoms in total. The number of pyridine rings is 1. The number of halogens is 2. The van der Waals surface area contributed by atoms with E-state index in [2.05, 4.69) is 55.9 Å². The third-order valence-corrected chi connectivity index (χ3v) is 9.66. The largest absolute Gasteiger partial charge is 0.389 e. The quantitative estimate of drug-likeness (QED) is 0.412. The molecule has 0 radical (unpaired) electrons. The number of hydrogen-bond donors (Lipinski definition) is 2. The molecule has 0 spiro atoms. The van der Waals surface area contributed by atoms with Gasteiger partial charge in [-0.15, -0.1) is 11.3 Å². The van der Waals surface area contributed by atoms with Crippen LogP contribution in [0.3, 0.4) is 0 Å². The fraction of sp³-hybridized carbons (Fsp3) is 0.500. The van der Waals surface area contributed by atoms with Crippen LogP contribution in [0.4, 0.5) is 9.39 Å². The predicted molar refractivity (Wildman–Crippen MR) is 162 cm³/mol. The highest BCUT2D eigenvalue weighted by molar-refractivity contribution is 7.23. The molecule has 0 aromatic carbocycles. The van der Waals surface area contributed by atoms with Crippen LogP contribution >= 0.6 is 22.9 Å². The van der Waals surface area contributed by atoms with Gasteiger partial charge in [-0.25, -0.2) is 9.38 Å². The Morgan fingerprint density at radius 3 is 2.70 bits per heavy atom. The number of nitriles is 1. The molecule has 5 heterocycles. The molecule has 6 rings (SSSR count). The number of nitrogens with one attached hydrogen (secondary N) is 1. The monoisotopic (exact) mass is 582 g/mol. The van der Waals surface area contributed by atoms with Crippen LogP contribution < -0.4 is 11.1 Å². The average molecular weight is 583 g/mol. The van der Waals surface area contributed by atoms with E-state index in [0.29, 0.717) is 55.9 Å². The lowest BCUT2D eigenvalue weighted by Crippen LogP contribution is -2.45. The van der Waals surface area contributed by atoms with Crippen LogP contribution in [0.2, 0.25) is 5.02 Å². The number of nitrogens with zero attached hydrogens (tertiary/aromatic N) is 4. The van der Waals surface area contributed by atoms with Gasteiger partial charge in [-0.05, 0) is 36.3 Å². The molecular formula is C30H36ClFN6OS. The molecule has 2 aromatic heterocycles. The van der Waals surface area contributed by atoms with Crippen molar-refractivity contribution >= 4 is 49.6 Å². The molecule has 4 aliphatic rings. The van der Waals surface area contributed by atoms with Crippen LogP contribution in [-0.2, 0) is 4.74 Å². The van der Waals surface area contributed by atoms with E-state index < -0.39 is 11.9 Å². The van der Waals surface area contributed by atoms with Crippen molar-refractivity contribution in [1.82, 2.24) is 15.2 Å². The number of ether oxygens (including phenoxy) is 1. The van der Waals surface area contributed by atoms with Gasteiger partial charge in [0.1, 0.15) is 22.9 Å². The first-order valence-corrected chi connectivity index (χ1v) is 15.1. The molecule has 3 unspecified atom stereocenters. The number of nitrogen functional groups attached to an aromatic ring is 1. The summed E-state index contributed by atoms with van der Waals surface area (Å²) in [5, 5.41) is 14.3. The molecule has 1 aliphatic carbocycles.